The first-order chi connectivity index (χ1) is 10.5. The minimum absolute atomic E-state index is 0.126. The second-order valence-corrected chi connectivity index (χ2v) is 5.17. The van der Waals surface area contributed by atoms with Crippen molar-refractivity contribution in [2.24, 2.45) is 5.92 Å². The fourth-order valence-corrected chi connectivity index (χ4v) is 1.91. The van der Waals surface area contributed by atoms with E-state index in [1.165, 1.54) is 36.6 Å². The molecule has 0 aliphatic carbocycles. The maximum Gasteiger partial charge on any atom is 0.287 e. The molecule has 2 rings (SSSR count). The summed E-state index contributed by atoms with van der Waals surface area (Å²) in [4.78, 5) is 24.3. The van der Waals surface area contributed by atoms with Gasteiger partial charge in [-0.3, -0.25) is 9.59 Å². The van der Waals surface area contributed by atoms with Gasteiger partial charge in [-0.05, 0) is 42.3 Å². The molecule has 22 heavy (non-hydrogen) atoms. The summed E-state index contributed by atoms with van der Waals surface area (Å²) in [6.45, 7) is 3.63. The van der Waals surface area contributed by atoms with Gasteiger partial charge in [0, 0.05) is 5.69 Å². The summed E-state index contributed by atoms with van der Waals surface area (Å²) in [7, 11) is 0. The first kappa shape index (κ1) is 15.8. The molecule has 0 radical (unpaired) electrons. The summed E-state index contributed by atoms with van der Waals surface area (Å²) in [5, 5.41) is 5.28. The summed E-state index contributed by atoms with van der Waals surface area (Å²) < 4.78 is 17.9. The fourth-order valence-electron chi connectivity index (χ4n) is 1.91. The lowest BCUT2D eigenvalue weighted by molar-refractivity contribution is -0.118. The quantitative estimate of drug-likeness (QED) is 0.892. The number of hydrogen-bond acceptors (Lipinski definition) is 3. The normalized spacial score (nSPS) is 12.0. The van der Waals surface area contributed by atoms with Crippen molar-refractivity contribution in [3.8, 4) is 0 Å². The van der Waals surface area contributed by atoms with Crippen molar-refractivity contribution in [1.82, 2.24) is 5.32 Å². The molecule has 0 saturated carbocycles. The summed E-state index contributed by atoms with van der Waals surface area (Å²) in [6, 6.07) is 7.80. The number of nitrogens with one attached hydrogen (secondary N) is 2. The van der Waals surface area contributed by atoms with Crippen LogP contribution >= 0.6 is 0 Å². The van der Waals surface area contributed by atoms with Crippen molar-refractivity contribution in [2.75, 3.05) is 5.32 Å². The van der Waals surface area contributed by atoms with Crippen LogP contribution in [0.5, 0.6) is 0 Å². The van der Waals surface area contributed by atoms with Gasteiger partial charge in [-0.15, -0.1) is 0 Å². The Bertz CT molecular complexity index is 636. The van der Waals surface area contributed by atoms with Crippen LogP contribution in [0.25, 0.3) is 0 Å². The van der Waals surface area contributed by atoms with Crippen molar-refractivity contribution >= 4 is 17.5 Å². The number of halogens is 1. The number of benzene rings is 1. The molecule has 0 aliphatic rings. The standard InChI is InChI=1S/C16H17FN2O3/c1-10(2)14(19-15(20)13-4-3-9-22-13)16(21)18-12-7-5-11(17)6-8-12/h3-10,14H,1-2H3,(H,18,21)(H,19,20)/t14-/m0/s1. The number of carbonyl (C=O) groups excluding carboxylic acids is 2. The molecular weight excluding hydrogens is 287 g/mol. The maximum atomic E-state index is 12.9. The van der Waals surface area contributed by atoms with Gasteiger partial charge in [-0.25, -0.2) is 4.39 Å². The molecule has 0 saturated heterocycles. The zero-order valence-corrected chi connectivity index (χ0v) is 12.3. The molecule has 0 fully saturated rings. The van der Waals surface area contributed by atoms with Gasteiger partial charge in [-0.1, -0.05) is 13.8 Å². The Morgan fingerprint density at radius 1 is 1.14 bits per heavy atom. The minimum Gasteiger partial charge on any atom is -0.459 e. The highest BCUT2D eigenvalue weighted by Gasteiger charge is 2.25. The number of carbonyl (C=O) groups is 2. The molecule has 2 N–H and O–H groups in total. The van der Waals surface area contributed by atoms with Crippen LogP contribution in [0.1, 0.15) is 24.4 Å². The van der Waals surface area contributed by atoms with Crippen molar-refractivity contribution < 1.29 is 18.4 Å². The van der Waals surface area contributed by atoms with E-state index in [2.05, 4.69) is 10.6 Å². The van der Waals surface area contributed by atoms with Crippen LogP contribution in [0.4, 0.5) is 10.1 Å². The van der Waals surface area contributed by atoms with Gasteiger partial charge in [-0.2, -0.15) is 0 Å². The zero-order chi connectivity index (χ0) is 16.1. The summed E-state index contributed by atoms with van der Waals surface area (Å²) in [6.07, 6.45) is 1.39. The third-order valence-corrected chi connectivity index (χ3v) is 3.09. The molecule has 2 aromatic rings. The average molecular weight is 304 g/mol. The van der Waals surface area contributed by atoms with E-state index in [0.717, 1.165) is 0 Å². The van der Waals surface area contributed by atoms with E-state index in [4.69, 9.17) is 4.42 Å². The molecule has 2 amide bonds. The molecular formula is C16H17FN2O3. The van der Waals surface area contributed by atoms with Gasteiger partial charge >= 0.3 is 0 Å². The highest BCUT2D eigenvalue weighted by atomic mass is 19.1. The van der Waals surface area contributed by atoms with E-state index in [1.807, 2.05) is 13.8 Å². The summed E-state index contributed by atoms with van der Waals surface area (Å²) in [5.74, 6) is -1.21. The number of anilines is 1. The molecule has 0 unspecified atom stereocenters. The Kier molecular flexibility index (Phi) is 4.93. The molecule has 5 nitrogen and oxygen atoms in total. The van der Waals surface area contributed by atoms with Crippen LogP contribution in [-0.2, 0) is 4.79 Å². The topological polar surface area (TPSA) is 71.3 Å². The number of rotatable bonds is 5. The third kappa shape index (κ3) is 3.94. The lowest BCUT2D eigenvalue weighted by Gasteiger charge is -2.21. The van der Waals surface area contributed by atoms with E-state index < -0.39 is 11.9 Å². The molecule has 1 aromatic carbocycles. The summed E-state index contributed by atoms with van der Waals surface area (Å²) >= 11 is 0. The van der Waals surface area contributed by atoms with Crippen LogP contribution in [0, 0.1) is 11.7 Å². The lowest BCUT2D eigenvalue weighted by Crippen LogP contribution is -2.47. The van der Waals surface area contributed by atoms with Gasteiger partial charge in [0.15, 0.2) is 5.76 Å². The van der Waals surface area contributed by atoms with Crippen molar-refractivity contribution in [2.45, 2.75) is 19.9 Å². The molecule has 0 spiro atoms. The number of amides is 2. The zero-order valence-electron chi connectivity index (χ0n) is 12.3. The van der Waals surface area contributed by atoms with Gasteiger partial charge in [0.1, 0.15) is 11.9 Å². The highest BCUT2D eigenvalue weighted by Crippen LogP contribution is 2.12. The van der Waals surface area contributed by atoms with E-state index in [-0.39, 0.29) is 23.4 Å². The molecule has 1 aromatic heterocycles. The predicted octanol–water partition coefficient (Wildman–Crippen LogP) is 2.81. The number of hydrogen-bond donors (Lipinski definition) is 2. The molecule has 1 atom stereocenters. The van der Waals surface area contributed by atoms with Crippen LogP contribution in [0.15, 0.2) is 47.1 Å². The lowest BCUT2D eigenvalue weighted by atomic mass is 10.0. The second kappa shape index (κ2) is 6.89. The second-order valence-electron chi connectivity index (χ2n) is 5.17. The van der Waals surface area contributed by atoms with Crippen molar-refractivity contribution in [1.29, 1.82) is 0 Å². The van der Waals surface area contributed by atoms with E-state index in [0.29, 0.717) is 5.69 Å². The van der Waals surface area contributed by atoms with Gasteiger partial charge in [0.2, 0.25) is 5.91 Å². The Balaban J connectivity index is 2.05. The van der Waals surface area contributed by atoms with Crippen LogP contribution in [0.2, 0.25) is 0 Å². The number of furan rings is 1. The van der Waals surface area contributed by atoms with E-state index >= 15 is 0 Å². The summed E-state index contributed by atoms with van der Waals surface area (Å²) in [5.41, 5.74) is 0.462. The van der Waals surface area contributed by atoms with Crippen molar-refractivity contribution in [3.63, 3.8) is 0 Å². The fraction of sp³-hybridized carbons (Fsp3) is 0.250. The Labute approximate surface area is 127 Å². The van der Waals surface area contributed by atoms with Gasteiger partial charge in [0.05, 0.1) is 6.26 Å². The SMILES string of the molecule is CC(C)[C@H](NC(=O)c1ccco1)C(=O)Nc1ccc(F)cc1. The Hall–Kier alpha value is -2.63. The average Bonchev–Trinajstić information content (AvgIpc) is 3.00. The minimum atomic E-state index is -0.734. The van der Waals surface area contributed by atoms with E-state index in [1.54, 1.807) is 6.07 Å². The first-order valence-electron chi connectivity index (χ1n) is 6.88. The van der Waals surface area contributed by atoms with Gasteiger partial charge < -0.3 is 15.1 Å². The Morgan fingerprint density at radius 3 is 2.36 bits per heavy atom. The van der Waals surface area contributed by atoms with E-state index in [9.17, 15) is 14.0 Å². The van der Waals surface area contributed by atoms with Crippen LogP contribution < -0.4 is 10.6 Å². The van der Waals surface area contributed by atoms with Crippen LogP contribution in [0.3, 0.4) is 0 Å². The molecule has 0 aliphatic heterocycles. The molecule has 0 bridgehead atoms. The maximum absolute atomic E-state index is 12.9. The predicted molar refractivity (Wildman–Crippen MR) is 79.8 cm³/mol. The smallest absolute Gasteiger partial charge is 0.287 e. The van der Waals surface area contributed by atoms with Crippen molar-refractivity contribution in [3.05, 3.63) is 54.2 Å². The largest absolute Gasteiger partial charge is 0.459 e. The Morgan fingerprint density at radius 2 is 1.82 bits per heavy atom. The first-order valence-corrected chi connectivity index (χ1v) is 6.88. The highest BCUT2D eigenvalue weighted by molar-refractivity contribution is 6.00. The molecule has 1 heterocycles. The van der Waals surface area contributed by atoms with Gasteiger partial charge in [0.25, 0.3) is 5.91 Å². The van der Waals surface area contributed by atoms with Crippen LogP contribution in [-0.4, -0.2) is 17.9 Å². The monoisotopic (exact) mass is 304 g/mol. The molecule has 6 heteroatoms. The molecule has 116 valence electrons. The third-order valence-electron chi connectivity index (χ3n) is 3.09.